The Morgan fingerprint density at radius 2 is 2.18 bits per heavy atom. The Bertz CT molecular complexity index is 617. The SMILES string of the molecule is Cc1[nH]c(=O)c(C(N)=O)cc1-c1ccccn1. The average molecular weight is 229 g/mol. The van der Waals surface area contributed by atoms with Crippen molar-refractivity contribution in [3.63, 3.8) is 0 Å². The van der Waals surface area contributed by atoms with E-state index in [0.29, 0.717) is 17.0 Å². The number of aryl methyl sites for hydroxylation is 1. The van der Waals surface area contributed by atoms with Crippen LogP contribution in [0, 0.1) is 6.92 Å². The third kappa shape index (κ3) is 2.08. The van der Waals surface area contributed by atoms with E-state index >= 15 is 0 Å². The molecule has 0 spiro atoms. The number of hydrogen-bond acceptors (Lipinski definition) is 3. The zero-order valence-corrected chi connectivity index (χ0v) is 9.23. The van der Waals surface area contributed by atoms with E-state index in [-0.39, 0.29) is 5.56 Å². The summed E-state index contributed by atoms with van der Waals surface area (Å²) in [6.45, 7) is 1.75. The summed E-state index contributed by atoms with van der Waals surface area (Å²) in [5.74, 6) is -0.747. The van der Waals surface area contributed by atoms with Crippen molar-refractivity contribution in [3.8, 4) is 11.3 Å². The Labute approximate surface area is 97.3 Å². The van der Waals surface area contributed by atoms with Crippen molar-refractivity contribution in [2.45, 2.75) is 6.92 Å². The van der Waals surface area contributed by atoms with Crippen LogP contribution in [0.4, 0.5) is 0 Å². The van der Waals surface area contributed by atoms with E-state index in [4.69, 9.17) is 5.73 Å². The van der Waals surface area contributed by atoms with Gasteiger partial charge in [-0.15, -0.1) is 0 Å². The van der Waals surface area contributed by atoms with Crippen molar-refractivity contribution in [2.24, 2.45) is 5.73 Å². The number of aromatic nitrogens is 2. The van der Waals surface area contributed by atoms with Gasteiger partial charge in [-0.3, -0.25) is 14.6 Å². The van der Waals surface area contributed by atoms with Crippen molar-refractivity contribution in [1.29, 1.82) is 0 Å². The molecule has 0 aliphatic carbocycles. The highest BCUT2D eigenvalue weighted by atomic mass is 16.2. The van der Waals surface area contributed by atoms with Crippen LogP contribution in [0.25, 0.3) is 11.3 Å². The number of nitrogens with one attached hydrogen (secondary N) is 1. The first-order valence-corrected chi connectivity index (χ1v) is 5.04. The van der Waals surface area contributed by atoms with Gasteiger partial charge in [0.05, 0.1) is 5.69 Å². The molecule has 0 atom stereocenters. The van der Waals surface area contributed by atoms with Gasteiger partial charge in [-0.1, -0.05) is 6.07 Å². The van der Waals surface area contributed by atoms with Crippen molar-refractivity contribution in [1.82, 2.24) is 9.97 Å². The first-order chi connectivity index (χ1) is 8.09. The highest BCUT2D eigenvalue weighted by Gasteiger charge is 2.11. The molecule has 1 amide bonds. The van der Waals surface area contributed by atoms with Gasteiger partial charge >= 0.3 is 0 Å². The summed E-state index contributed by atoms with van der Waals surface area (Å²) in [6, 6.07) is 6.89. The number of carbonyl (C=O) groups excluding carboxylic acids is 1. The van der Waals surface area contributed by atoms with Gasteiger partial charge in [-0.2, -0.15) is 0 Å². The molecule has 86 valence electrons. The predicted octanol–water partition coefficient (Wildman–Crippen LogP) is 0.844. The molecule has 0 aliphatic rings. The molecule has 2 rings (SSSR count). The van der Waals surface area contributed by atoms with E-state index in [1.807, 2.05) is 6.07 Å². The molecule has 0 saturated carbocycles. The third-order valence-electron chi connectivity index (χ3n) is 2.44. The van der Waals surface area contributed by atoms with Gasteiger partial charge in [-0.25, -0.2) is 0 Å². The molecule has 0 radical (unpaired) electrons. The third-order valence-corrected chi connectivity index (χ3v) is 2.44. The van der Waals surface area contributed by atoms with Crippen LogP contribution in [0.1, 0.15) is 16.1 Å². The number of rotatable bonds is 2. The second-order valence-electron chi connectivity index (χ2n) is 3.63. The van der Waals surface area contributed by atoms with E-state index in [1.54, 1.807) is 25.3 Å². The van der Waals surface area contributed by atoms with E-state index in [2.05, 4.69) is 9.97 Å². The van der Waals surface area contributed by atoms with Gasteiger partial charge in [-0.05, 0) is 25.1 Å². The number of amides is 1. The summed E-state index contributed by atoms with van der Waals surface area (Å²) >= 11 is 0. The fraction of sp³-hybridized carbons (Fsp3) is 0.0833. The van der Waals surface area contributed by atoms with Crippen LogP contribution >= 0.6 is 0 Å². The van der Waals surface area contributed by atoms with Gasteiger partial charge in [0.25, 0.3) is 11.5 Å². The molecule has 0 aliphatic heterocycles. The number of pyridine rings is 2. The first-order valence-electron chi connectivity index (χ1n) is 5.04. The zero-order valence-electron chi connectivity index (χ0n) is 9.23. The topological polar surface area (TPSA) is 88.8 Å². The Kier molecular flexibility index (Phi) is 2.74. The molecular weight excluding hydrogens is 218 g/mol. The number of nitrogens with zero attached hydrogens (tertiary/aromatic N) is 1. The van der Waals surface area contributed by atoms with Crippen LogP contribution in [-0.2, 0) is 0 Å². The summed E-state index contributed by atoms with van der Waals surface area (Å²) in [5.41, 5.74) is 6.63. The molecule has 2 aromatic rings. The minimum atomic E-state index is -0.747. The van der Waals surface area contributed by atoms with Gasteiger partial charge in [0.2, 0.25) is 0 Å². The molecule has 17 heavy (non-hydrogen) atoms. The van der Waals surface area contributed by atoms with Crippen LogP contribution in [0.15, 0.2) is 35.3 Å². The van der Waals surface area contributed by atoms with Crippen LogP contribution in [0.2, 0.25) is 0 Å². The van der Waals surface area contributed by atoms with Crippen molar-refractivity contribution in [2.75, 3.05) is 0 Å². The van der Waals surface area contributed by atoms with Crippen LogP contribution in [0.5, 0.6) is 0 Å². The molecular formula is C12H11N3O2. The maximum atomic E-state index is 11.5. The lowest BCUT2D eigenvalue weighted by Gasteiger charge is -2.06. The summed E-state index contributed by atoms with van der Waals surface area (Å²) in [6.07, 6.45) is 1.64. The lowest BCUT2D eigenvalue weighted by molar-refractivity contribution is 0.0999. The molecule has 0 unspecified atom stereocenters. The lowest BCUT2D eigenvalue weighted by Crippen LogP contribution is -2.24. The number of carbonyl (C=O) groups is 1. The lowest BCUT2D eigenvalue weighted by atomic mass is 10.1. The van der Waals surface area contributed by atoms with Gasteiger partial charge in [0.15, 0.2) is 0 Å². The number of primary amides is 1. The van der Waals surface area contributed by atoms with E-state index in [0.717, 1.165) is 0 Å². The Morgan fingerprint density at radius 3 is 2.76 bits per heavy atom. The summed E-state index contributed by atoms with van der Waals surface area (Å²) < 4.78 is 0. The van der Waals surface area contributed by atoms with Crippen molar-refractivity contribution in [3.05, 3.63) is 52.1 Å². The van der Waals surface area contributed by atoms with E-state index in [1.165, 1.54) is 6.07 Å². The number of aromatic amines is 1. The monoisotopic (exact) mass is 229 g/mol. The summed E-state index contributed by atoms with van der Waals surface area (Å²) in [4.78, 5) is 29.3. The highest BCUT2D eigenvalue weighted by Crippen LogP contribution is 2.18. The Balaban J connectivity index is 2.67. The van der Waals surface area contributed by atoms with Crippen LogP contribution in [-0.4, -0.2) is 15.9 Å². The Hall–Kier alpha value is -2.43. The molecule has 2 aromatic heterocycles. The average Bonchev–Trinajstić information content (AvgIpc) is 2.29. The predicted molar refractivity (Wildman–Crippen MR) is 63.5 cm³/mol. The number of hydrogen-bond donors (Lipinski definition) is 2. The van der Waals surface area contributed by atoms with E-state index in [9.17, 15) is 9.59 Å². The van der Waals surface area contributed by atoms with E-state index < -0.39 is 11.5 Å². The Morgan fingerprint density at radius 1 is 1.41 bits per heavy atom. The fourth-order valence-corrected chi connectivity index (χ4v) is 1.59. The molecule has 0 aromatic carbocycles. The first kappa shape index (κ1) is 11.1. The number of nitrogens with two attached hydrogens (primary N) is 1. The normalized spacial score (nSPS) is 10.2. The van der Waals surface area contributed by atoms with Gasteiger partial charge in [0.1, 0.15) is 5.56 Å². The molecule has 0 saturated heterocycles. The minimum Gasteiger partial charge on any atom is -0.365 e. The molecule has 3 N–H and O–H groups in total. The largest absolute Gasteiger partial charge is 0.365 e. The second kappa shape index (κ2) is 4.21. The fourth-order valence-electron chi connectivity index (χ4n) is 1.59. The quantitative estimate of drug-likeness (QED) is 0.799. The van der Waals surface area contributed by atoms with Crippen LogP contribution in [0.3, 0.4) is 0 Å². The minimum absolute atomic E-state index is 0.0590. The number of H-pyrrole nitrogens is 1. The highest BCUT2D eigenvalue weighted by molar-refractivity contribution is 5.93. The second-order valence-corrected chi connectivity index (χ2v) is 3.63. The van der Waals surface area contributed by atoms with Crippen molar-refractivity contribution >= 4 is 5.91 Å². The smallest absolute Gasteiger partial charge is 0.261 e. The summed E-state index contributed by atoms with van der Waals surface area (Å²) in [5, 5.41) is 0. The molecule has 2 heterocycles. The molecule has 5 heteroatoms. The molecule has 0 bridgehead atoms. The van der Waals surface area contributed by atoms with Crippen LogP contribution < -0.4 is 11.3 Å². The molecule has 0 fully saturated rings. The van der Waals surface area contributed by atoms with Crippen molar-refractivity contribution < 1.29 is 4.79 Å². The standard InChI is InChI=1S/C12H11N3O2/c1-7-8(10-4-2-3-5-14-10)6-9(11(13)16)12(17)15-7/h2-6H,1H3,(H2,13,16)(H,15,17). The maximum absolute atomic E-state index is 11.5. The zero-order chi connectivity index (χ0) is 12.4. The maximum Gasteiger partial charge on any atom is 0.261 e. The summed E-state index contributed by atoms with van der Waals surface area (Å²) in [7, 11) is 0. The van der Waals surface area contributed by atoms with Gasteiger partial charge < -0.3 is 10.7 Å². The van der Waals surface area contributed by atoms with Gasteiger partial charge in [0, 0.05) is 17.5 Å². The molecule has 5 nitrogen and oxygen atoms in total.